The molecule has 0 bridgehead atoms. The van der Waals surface area contributed by atoms with Gasteiger partial charge in [-0.25, -0.2) is 9.78 Å². The maximum atomic E-state index is 10.8. The van der Waals surface area contributed by atoms with Gasteiger partial charge in [-0.1, -0.05) is 13.3 Å². The van der Waals surface area contributed by atoms with Crippen LogP contribution in [0.15, 0.2) is 12.1 Å². The highest BCUT2D eigenvalue weighted by Gasteiger charge is 2.07. The van der Waals surface area contributed by atoms with E-state index in [2.05, 4.69) is 17.2 Å². The van der Waals surface area contributed by atoms with Gasteiger partial charge in [-0.05, 0) is 25.5 Å². The van der Waals surface area contributed by atoms with Crippen LogP contribution >= 0.6 is 0 Å². The van der Waals surface area contributed by atoms with Crippen molar-refractivity contribution in [1.82, 2.24) is 4.98 Å². The van der Waals surface area contributed by atoms with E-state index in [4.69, 9.17) is 9.84 Å². The summed E-state index contributed by atoms with van der Waals surface area (Å²) in [6.45, 7) is 5.89. The van der Waals surface area contributed by atoms with Crippen LogP contribution in [0.2, 0.25) is 0 Å². The molecule has 0 aliphatic carbocycles. The molecule has 0 atom stereocenters. The van der Waals surface area contributed by atoms with E-state index >= 15 is 0 Å². The summed E-state index contributed by atoms with van der Waals surface area (Å²) in [5.74, 6) is -0.272. The normalized spacial score (nSPS) is 10.3. The molecule has 0 radical (unpaired) electrons. The maximum absolute atomic E-state index is 10.8. The average molecular weight is 252 g/mol. The predicted molar refractivity (Wildman–Crippen MR) is 70.2 cm³/mol. The van der Waals surface area contributed by atoms with Crippen molar-refractivity contribution in [3.63, 3.8) is 0 Å². The van der Waals surface area contributed by atoms with Crippen LogP contribution in [-0.4, -0.2) is 35.8 Å². The zero-order valence-electron chi connectivity index (χ0n) is 10.9. The Bertz CT molecular complexity index is 394. The Hall–Kier alpha value is -1.62. The summed E-state index contributed by atoms with van der Waals surface area (Å²) in [4.78, 5) is 15.0. The summed E-state index contributed by atoms with van der Waals surface area (Å²) in [6, 6.07) is 3.23. The first-order valence-electron chi connectivity index (χ1n) is 6.17. The fourth-order valence-electron chi connectivity index (χ4n) is 1.49. The largest absolute Gasteiger partial charge is 0.478 e. The van der Waals surface area contributed by atoms with Crippen LogP contribution < -0.4 is 5.32 Å². The molecule has 0 saturated heterocycles. The van der Waals surface area contributed by atoms with Gasteiger partial charge in [0.15, 0.2) is 0 Å². The van der Waals surface area contributed by atoms with Crippen LogP contribution in [0.4, 0.5) is 5.82 Å². The van der Waals surface area contributed by atoms with Crippen molar-refractivity contribution in [3.05, 3.63) is 23.4 Å². The molecule has 0 aromatic carbocycles. The number of rotatable bonds is 8. The fourth-order valence-corrected chi connectivity index (χ4v) is 1.49. The number of ether oxygens (including phenoxy) is 1. The summed E-state index contributed by atoms with van der Waals surface area (Å²) >= 11 is 0. The monoisotopic (exact) mass is 252 g/mol. The summed E-state index contributed by atoms with van der Waals surface area (Å²) in [5, 5.41) is 12.0. The minimum absolute atomic E-state index is 0.236. The van der Waals surface area contributed by atoms with Crippen molar-refractivity contribution < 1.29 is 14.6 Å². The van der Waals surface area contributed by atoms with E-state index in [0.29, 0.717) is 24.7 Å². The average Bonchev–Trinajstić information content (AvgIpc) is 2.33. The number of hydrogen-bond acceptors (Lipinski definition) is 4. The molecule has 18 heavy (non-hydrogen) atoms. The van der Waals surface area contributed by atoms with Crippen LogP contribution in [0, 0.1) is 6.92 Å². The van der Waals surface area contributed by atoms with Gasteiger partial charge in [-0.3, -0.25) is 0 Å². The minimum atomic E-state index is -0.950. The highest BCUT2D eigenvalue weighted by Crippen LogP contribution is 2.10. The number of pyridine rings is 1. The molecule has 0 aliphatic heterocycles. The predicted octanol–water partition coefficient (Wildman–Crippen LogP) is 2.32. The van der Waals surface area contributed by atoms with Gasteiger partial charge in [0, 0.05) is 13.2 Å². The molecular weight excluding hydrogens is 232 g/mol. The minimum Gasteiger partial charge on any atom is -0.478 e. The summed E-state index contributed by atoms with van der Waals surface area (Å²) in [5.41, 5.74) is 0.749. The molecule has 0 saturated carbocycles. The molecule has 100 valence electrons. The van der Waals surface area contributed by atoms with E-state index in [1.54, 1.807) is 19.1 Å². The maximum Gasteiger partial charge on any atom is 0.337 e. The second-order valence-electron chi connectivity index (χ2n) is 4.03. The van der Waals surface area contributed by atoms with E-state index in [0.717, 1.165) is 19.4 Å². The zero-order valence-corrected chi connectivity index (χ0v) is 10.9. The third kappa shape index (κ3) is 4.71. The van der Waals surface area contributed by atoms with Gasteiger partial charge in [0.25, 0.3) is 0 Å². The summed E-state index contributed by atoms with van der Waals surface area (Å²) < 4.78 is 5.40. The van der Waals surface area contributed by atoms with Gasteiger partial charge in [0.05, 0.1) is 17.9 Å². The van der Waals surface area contributed by atoms with Crippen LogP contribution in [-0.2, 0) is 4.74 Å². The van der Waals surface area contributed by atoms with E-state index in [9.17, 15) is 4.79 Å². The molecular formula is C13H20N2O3. The third-order valence-electron chi connectivity index (χ3n) is 2.51. The third-order valence-corrected chi connectivity index (χ3v) is 2.51. The van der Waals surface area contributed by atoms with Gasteiger partial charge in [0.2, 0.25) is 0 Å². The lowest BCUT2D eigenvalue weighted by Gasteiger charge is -2.08. The van der Waals surface area contributed by atoms with Crippen molar-refractivity contribution in [2.24, 2.45) is 0 Å². The summed E-state index contributed by atoms with van der Waals surface area (Å²) in [7, 11) is 0. The van der Waals surface area contributed by atoms with Crippen molar-refractivity contribution >= 4 is 11.8 Å². The number of hydrogen-bond donors (Lipinski definition) is 2. The molecule has 0 spiro atoms. The Morgan fingerprint density at radius 3 is 2.83 bits per heavy atom. The Balaban J connectivity index is 2.35. The second-order valence-corrected chi connectivity index (χ2v) is 4.03. The van der Waals surface area contributed by atoms with Crippen LogP contribution in [0.5, 0.6) is 0 Å². The van der Waals surface area contributed by atoms with E-state index in [1.165, 1.54) is 0 Å². The Morgan fingerprint density at radius 2 is 2.22 bits per heavy atom. The van der Waals surface area contributed by atoms with Gasteiger partial charge in [0.1, 0.15) is 5.82 Å². The molecule has 0 unspecified atom stereocenters. The van der Waals surface area contributed by atoms with Crippen molar-refractivity contribution in [3.8, 4) is 0 Å². The fraction of sp³-hybridized carbons (Fsp3) is 0.538. The molecule has 5 nitrogen and oxygen atoms in total. The SMILES string of the molecule is CCCCOCCNc1ccc(C(=O)O)c(C)n1. The molecule has 2 N–H and O–H groups in total. The van der Waals surface area contributed by atoms with Gasteiger partial charge < -0.3 is 15.2 Å². The van der Waals surface area contributed by atoms with Crippen LogP contribution in [0.25, 0.3) is 0 Å². The first-order valence-corrected chi connectivity index (χ1v) is 6.17. The van der Waals surface area contributed by atoms with E-state index in [1.807, 2.05) is 0 Å². The van der Waals surface area contributed by atoms with Crippen molar-refractivity contribution in [2.75, 3.05) is 25.1 Å². The number of aryl methyl sites for hydroxylation is 1. The zero-order chi connectivity index (χ0) is 13.4. The number of carboxylic acids is 1. The number of carbonyl (C=O) groups is 1. The quantitative estimate of drug-likeness (QED) is 0.695. The number of aromatic carboxylic acids is 1. The lowest BCUT2D eigenvalue weighted by Crippen LogP contribution is -2.12. The lowest BCUT2D eigenvalue weighted by molar-refractivity contribution is 0.0695. The second kappa shape index (κ2) is 7.66. The van der Waals surface area contributed by atoms with Crippen molar-refractivity contribution in [2.45, 2.75) is 26.7 Å². The van der Waals surface area contributed by atoms with Crippen LogP contribution in [0.3, 0.4) is 0 Å². The molecule has 0 fully saturated rings. The highest BCUT2D eigenvalue weighted by molar-refractivity contribution is 5.89. The van der Waals surface area contributed by atoms with Gasteiger partial charge in [-0.15, -0.1) is 0 Å². The number of unbranched alkanes of at least 4 members (excludes halogenated alkanes) is 1. The number of anilines is 1. The molecule has 1 rings (SSSR count). The first kappa shape index (κ1) is 14.4. The summed E-state index contributed by atoms with van der Waals surface area (Å²) in [6.07, 6.45) is 2.20. The topological polar surface area (TPSA) is 71.5 Å². The smallest absolute Gasteiger partial charge is 0.337 e. The number of aromatic nitrogens is 1. The Morgan fingerprint density at radius 1 is 1.44 bits per heavy atom. The molecule has 1 aromatic rings. The first-order chi connectivity index (χ1) is 8.65. The molecule has 0 amide bonds. The van der Waals surface area contributed by atoms with Gasteiger partial charge >= 0.3 is 5.97 Å². The van der Waals surface area contributed by atoms with E-state index in [-0.39, 0.29) is 5.56 Å². The van der Waals surface area contributed by atoms with Gasteiger partial charge in [-0.2, -0.15) is 0 Å². The Kier molecular flexibility index (Phi) is 6.14. The lowest BCUT2D eigenvalue weighted by atomic mass is 10.2. The van der Waals surface area contributed by atoms with Crippen molar-refractivity contribution in [1.29, 1.82) is 0 Å². The standard InChI is InChI=1S/C13H20N2O3/c1-3-4-8-18-9-7-14-12-6-5-11(13(16)17)10(2)15-12/h5-6H,3-4,7-9H2,1-2H3,(H,14,15)(H,16,17). The molecule has 5 heteroatoms. The molecule has 0 aliphatic rings. The molecule has 1 heterocycles. The number of nitrogens with zero attached hydrogens (tertiary/aromatic N) is 1. The Labute approximate surface area is 107 Å². The van der Waals surface area contributed by atoms with Crippen LogP contribution in [0.1, 0.15) is 35.8 Å². The number of carboxylic acid groups (broad SMARTS) is 1. The van der Waals surface area contributed by atoms with E-state index < -0.39 is 5.97 Å². The number of nitrogens with one attached hydrogen (secondary N) is 1. The highest BCUT2D eigenvalue weighted by atomic mass is 16.5. The molecule has 1 aromatic heterocycles.